The van der Waals surface area contributed by atoms with Crippen LogP contribution in [0, 0.1) is 0 Å². The van der Waals surface area contributed by atoms with E-state index in [1.807, 2.05) is 0 Å². The Labute approximate surface area is 102 Å². The minimum atomic E-state index is -0.396. The molecule has 5 heteroatoms. The van der Waals surface area contributed by atoms with E-state index in [0.29, 0.717) is 13.1 Å². The molecule has 0 saturated carbocycles. The van der Waals surface area contributed by atoms with Crippen molar-refractivity contribution < 1.29 is 9.59 Å². The van der Waals surface area contributed by atoms with Crippen molar-refractivity contribution in [1.82, 2.24) is 15.5 Å². The molecule has 0 spiro atoms. The fraction of sp³-hybridized carbons (Fsp3) is 0.833. The van der Waals surface area contributed by atoms with E-state index in [2.05, 4.69) is 17.6 Å². The predicted octanol–water partition coefficient (Wildman–Crippen LogP) is -0.133. The van der Waals surface area contributed by atoms with Crippen LogP contribution in [0.2, 0.25) is 0 Å². The topological polar surface area (TPSA) is 61.4 Å². The van der Waals surface area contributed by atoms with Gasteiger partial charge in [0.15, 0.2) is 0 Å². The zero-order chi connectivity index (χ0) is 12.3. The second kappa shape index (κ2) is 5.04. The predicted molar refractivity (Wildman–Crippen MR) is 64.5 cm³/mol. The fourth-order valence-corrected chi connectivity index (χ4v) is 2.85. The van der Waals surface area contributed by atoms with Crippen LogP contribution in [0.15, 0.2) is 0 Å². The minimum absolute atomic E-state index is 0.0470. The highest BCUT2D eigenvalue weighted by molar-refractivity contribution is 5.91. The van der Waals surface area contributed by atoms with E-state index < -0.39 is 5.54 Å². The number of hydrogen-bond donors (Lipinski definition) is 2. The number of amides is 2. The van der Waals surface area contributed by atoms with Crippen molar-refractivity contribution in [2.24, 2.45) is 0 Å². The first-order valence-electron chi connectivity index (χ1n) is 6.49. The Kier molecular flexibility index (Phi) is 3.66. The van der Waals surface area contributed by atoms with Crippen molar-refractivity contribution in [3.05, 3.63) is 0 Å². The quantitative estimate of drug-likeness (QED) is 0.721. The maximum absolute atomic E-state index is 12.5. The molecule has 1 unspecified atom stereocenters. The molecule has 2 N–H and O–H groups in total. The molecule has 1 atom stereocenters. The first-order valence-corrected chi connectivity index (χ1v) is 6.49. The molecule has 0 aromatic heterocycles. The molecule has 2 aliphatic heterocycles. The van der Waals surface area contributed by atoms with E-state index in [-0.39, 0.29) is 18.4 Å². The molecule has 2 heterocycles. The second-order valence-corrected chi connectivity index (χ2v) is 4.94. The molecule has 2 fully saturated rings. The number of nitrogens with zero attached hydrogens (tertiary/aromatic N) is 1. The van der Waals surface area contributed by atoms with Gasteiger partial charge in [0, 0.05) is 13.1 Å². The van der Waals surface area contributed by atoms with Gasteiger partial charge in [-0.3, -0.25) is 9.59 Å². The molecule has 0 radical (unpaired) electrons. The van der Waals surface area contributed by atoms with Gasteiger partial charge in [-0.15, -0.1) is 0 Å². The van der Waals surface area contributed by atoms with Crippen molar-refractivity contribution in [2.75, 3.05) is 26.2 Å². The van der Waals surface area contributed by atoms with Gasteiger partial charge in [0.25, 0.3) is 0 Å². The van der Waals surface area contributed by atoms with Crippen LogP contribution < -0.4 is 10.6 Å². The van der Waals surface area contributed by atoms with Gasteiger partial charge in [0.2, 0.25) is 11.8 Å². The summed E-state index contributed by atoms with van der Waals surface area (Å²) in [6.45, 7) is 4.43. The number of carbonyl (C=O) groups excluding carboxylic acids is 2. The average Bonchev–Trinajstić information content (AvgIpc) is 2.78. The van der Waals surface area contributed by atoms with Crippen molar-refractivity contribution in [3.8, 4) is 0 Å². The Morgan fingerprint density at radius 1 is 1.47 bits per heavy atom. The lowest BCUT2D eigenvalue weighted by Crippen LogP contribution is -2.59. The van der Waals surface area contributed by atoms with Gasteiger partial charge in [-0.1, -0.05) is 13.3 Å². The zero-order valence-corrected chi connectivity index (χ0v) is 10.4. The lowest BCUT2D eigenvalue weighted by Gasteiger charge is -2.36. The minimum Gasteiger partial charge on any atom is -0.353 e. The molecule has 0 aromatic rings. The molecule has 0 bridgehead atoms. The summed E-state index contributed by atoms with van der Waals surface area (Å²) < 4.78 is 0. The van der Waals surface area contributed by atoms with Gasteiger partial charge >= 0.3 is 0 Å². The third kappa shape index (κ3) is 2.44. The largest absolute Gasteiger partial charge is 0.353 e. The standard InChI is InChI=1S/C12H21N3O2/c1-2-4-12(5-3-6-14-12)11(17)15-8-7-13-10(16)9-15/h14H,2-9H2,1H3,(H,13,16). The van der Waals surface area contributed by atoms with Gasteiger partial charge in [-0.2, -0.15) is 0 Å². The monoisotopic (exact) mass is 239 g/mol. The van der Waals surface area contributed by atoms with E-state index in [4.69, 9.17) is 0 Å². The lowest BCUT2D eigenvalue weighted by atomic mass is 9.90. The van der Waals surface area contributed by atoms with Crippen LogP contribution in [0.3, 0.4) is 0 Å². The van der Waals surface area contributed by atoms with Gasteiger partial charge in [-0.05, 0) is 25.8 Å². The molecule has 2 amide bonds. The number of nitrogens with one attached hydrogen (secondary N) is 2. The summed E-state index contributed by atoms with van der Waals surface area (Å²) in [6, 6.07) is 0. The Balaban J connectivity index is 2.07. The summed E-state index contributed by atoms with van der Waals surface area (Å²) in [5.74, 6) is 0.0703. The third-order valence-corrected chi connectivity index (χ3v) is 3.66. The van der Waals surface area contributed by atoms with Gasteiger partial charge in [-0.25, -0.2) is 0 Å². The van der Waals surface area contributed by atoms with Crippen molar-refractivity contribution >= 4 is 11.8 Å². The van der Waals surface area contributed by atoms with E-state index >= 15 is 0 Å². The third-order valence-electron chi connectivity index (χ3n) is 3.66. The molecule has 17 heavy (non-hydrogen) atoms. The van der Waals surface area contributed by atoms with Crippen LogP contribution in [0.4, 0.5) is 0 Å². The lowest BCUT2D eigenvalue weighted by molar-refractivity contribution is -0.143. The first kappa shape index (κ1) is 12.4. The van der Waals surface area contributed by atoms with Crippen LogP contribution in [0.25, 0.3) is 0 Å². The number of piperazine rings is 1. The van der Waals surface area contributed by atoms with E-state index in [1.54, 1.807) is 4.90 Å². The van der Waals surface area contributed by atoms with Crippen LogP contribution in [0.5, 0.6) is 0 Å². The van der Waals surface area contributed by atoms with Crippen LogP contribution in [-0.4, -0.2) is 48.4 Å². The van der Waals surface area contributed by atoms with Crippen LogP contribution in [0.1, 0.15) is 32.6 Å². The van der Waals surface area contributed by atoms with Crippen molar-refractivity contribution in [3.63, 3.8) is 0 Å². The molecule has 2 rings (SSSR count). The fourth-order valence-electron chi connectivity index (χ4n) is 2.85. The average molecular weight is 239 g/mol. The summed E-state index contributed by atoms with van der Waals surface area (Å²) in [4.78, 5) is 25.6. The number of hydrogen-bond acceptors (Lipinski definition) is 3. The highest BCUT2D eigenvalue weighted by Crippen LogP contribution is 2.27. The Morgan fingerprint density at radius 2 is 2.29 bits per heavy atom. The van der Waals surface area contributed by atoms with Gasteiger partial charge < -0.3 is 15.5 Å². The normalized spacial score (nSPS) is 29.2. The highest BCUT2D eigenvalue weighted by Gasteiger charge is 2.43. The highest BCUT2D eigenvalue weighted by atomic mass is 16.2. The summed E-state index contributed by atoms with van der Waals surface area (Å²) in [5, 5.41) is 6.11. The summed E-state index contributed by atoms with van der Waals surface area (Å²) in [5.41, 5.74) is -0.396. The number of carbonyl (C=O) groups is 2. The van der Waals surface area contributed by atoms with E-state index in [9.17, 15) is 9.59 Å². The SMILES string of the molecule is CCCC1(C(=O)N2CCNC(=O)C2)CCCN1. The molecular weight excluding hydrogens is 218 g/mol. The van der Waals surface area contributed by atoms with Gasteiger partial charge in [0.05, 0.1) is 12.1 Å². The molecule has 2 aliphatic rings. The van der Waals surface area contributed by atoms with E-state index in [1.165, 1.54) is 0 Å². The first-order chi connectivity index (χ1) is 8.18. The molecule has 0 aromatic carbocycles. The smallest absolute Gasteiger partial charge is 0.243 e. The second-order valence-electron chi connectivity index (χ2n) is 4.94. The zero-order valence-electron chi connectivity index (χ0n) is 10.4. The summed E-state index contributed by atoms with van der Waals surface area (Å²) in [6.07, 6.45) is 3.80. The van der Waals surface area contributed by atoms with E-state index in [0.717, 1.165) is 32.2 Å². The van der Waals surface area contributed by atoms with Gasteiger partial charge in [0.1, 0.15) is 0 Å². The summed E-state index contributed by atoms with van der Waals surface area (Å²) in [7, 11) is 0. The number of rotatable bonds is 3. The molecule has 0 aliphatic carbocycles. The van der Waals surface area contributed by atoms with Crippen LogP contribution >= 0.6 is 0 Å². The Hall–Kier alpha value is -1.10. The van der Waals surface area contributed by atoms with Crippen molar-refractivity contribution in [1.29, 1.82) is 0 Å². The summed E-state index contributed by atoms with van der Waals surface area (Å²) >= 11 is 0. The molecular formula is C12H21N3O2. The van der Waals surface area contributed by atoms with Crippen molar-refractivity contribution in [2.45, 2.75) is 38.1 Å². The molecule has 96 valence electrons. The Bertz CT molecular complexity index is 311. The van der Waals surface area contributed by atoms with Crippen LogP contribution in [-0.2, 0) is 9.59 Å². The molecule has 2 saturated heterocycles. The molecule has 5 nitrogen and oxygen atoms in total. The maximum atomic E-state index is 12.5. The Morgan fingerprint density at radius 3 is 2.88 bits per heavy atom. The maximum Gasteiger partial charge on any atom is 0.243 e.